The van der Waals surface area contributed by atoms with Crippen molar-refractivity contribution in [3.05, 3.63) is 51.6 Å². The topological polar surface area (TPSA) is 78.2 Å². The quantitative estimate of drug-likeness (QED) is 0.641. The highest BCUT2D eigenvalue weighted by atomic mass is 32.1. The van der Waals surface area contributed by atoms with E-state index in [9.17, 15) is 4.79 Å². The number of aryl methyl sites for hydroxylation is 2. The molecule has 0 unspecified atom stereocenters. The van der Waals surface area contributed by atoms with Crippen LogP contribution in [0.4, 0.5) is 0 Å². The Hall–Kier alpha value is -2.22. The van der Waals surface area contributed by atoms with Gasteiger partial charge in [-0.05, 0) is 31.5 Å². The Morgan fingerprint density at radius 3 is 2.75 bits per heavy atom. The van der Waals surface area contributed by atoms with E-state index < -0.39 is 0 Å². The van der Waals surface area contributed by atoms with E-state index in [1.54, 1.807) is 0 Å². The Labute approximate surface area is 169 Å². The molecule has 0 radical (unpaired) electrons. The zero-order valence-electron chi connectivity index (χ0n) is 16.3. The first-order valence-electron chi connectivity index (χ1n) is 9.84. The number of H-pyrrole nitrogens is 1. The minimum absolute atomic E-state index is 0.364. The number of nitrogens with zero attached hydrogens (tertiary/aromatic N) is 3. The molecule has 3 aromatic rings. The molecule has 0 atom stereocenters. The summed E-state index contributed by atoms with van der Waals surface area (Å²) >= 11 is 1.47. The molecule has 0 aliphatic carbocycles. The van der Waals surface area contributed by atoms with E-state index in [-0.39, 0.29) is 5.91 Å². The largest absolute Gasteiger partial charge is 0.365 e. The first-order chi connectivity index (χ1) is 13.6. The summed E-state index contributed by atoms with van der Waals surface area (Å²) in [4.78, 5) is 25.5. The second kappa shape index (κ2) is 8.43. The van der Waals surface area contributed by atoms with Gasteiger partial charge in [0.2, 0.25) is 0 Å². The van der Waals surface area contributed by atoms with E-state index in [2.05, 4.69) is 40.2 Å². The number of piperazine rings is 1. The molecule has 3 heterocycles. The van der Waals surface area contributed by atoms with Crippen LogP contribution in [0.15, 0.2) is 30.5 Å². The fraction of sp³-hybridized carbons (Fsp3) is 0.429. The number of para-hydroxylation sites is 1. The lowest BCUT2D eigenvalue weighted by molar-refractivity contribution is 0.100. The van der Waals surface area contributed by atoms with Gasteiger partial charge in [-0.2, -0.15) is 0 Å². The molecule has 28 heavy (non-hydrogen) atoms. The van der Waals surface area contributed by atoms with Crippen LogP contribution in [0, 0.1) is 0 Å². The summed E-state index contributed by atoms with van der Waals surface area (Å²) in [6.45, 7) is 5.40. The standard InChI is InChI=1S/C21H27N5OS/c1-25-10-12-26(13-11-25)9-8-19-24-18(20(28-19)21(22)27)7-6-15-14-23-17-5-3-2-4-16(15)17/h2-5,14,23H,6-13H2,1H3,(H2,22,27). The van der Waals surface area contributed by atoms with Crippen molar-refractivity contribution >= 4 is 28.1 Å². The molecular formula is C21H27N5OS. The predicted octanol–water partition coefficient (Wildman–Crippen LogP) is 2.30. The van der Waals surface area contributed by atoms with Crippen molar-refractivity contribution in [2.75, 3.05) is 39.8 Å². The zero-order chi connectivity index (χ0) is 19.5. The molecule has 1 saturated heterocycles. The molecule has 3 N–H and O–H groups in total. The highest BCUT2D eigenvalue weighted by Gasteiger charge is 2.18. The lowest BCUT2D eigenvalue weighted by atomic mass is 10.1. The maximum atomic E-state index is 11.9. The number of carbonyl (C=O) groups excluding carboxylic acids is 1. The minimum Gasteiger partial charge on any atom is -0.365 e. The smallest absolute Gasteiger partial charge is 0.260 e. The number of rotatable bonds is 7. The molecule has 0 bridgehead atoms. The van der Waals surface area contributed by atoms with Crippen molar-refractivity contribution in [3.63, 3.8) is 0 Å². The number of aromatic amines is 1. The molecule has 1 aromatic carbocycles. The molecule has 6 nitrogen and oxygen atoms in total. The van der Waals surface area contributed by atoms with Crippen molar-refractivity contribution in [1.29, 1.82) is 0 Å². The van der Waals surface area contributed by atoms with Crippen LogP contribution in [0.1, 0.15) is 25.9 Å². The van der Waals surface area contributed by atoms with Crippen LogP contribution in [-0.4, -0.2) is 65.4 Å². The highest BCUT2D eigenvalue weighted by Crippen LogP contribution is 2.23. The average molecular weight is 398 g/mol. The summed E-state index contributed by atoms with van der Waals surface area (Å²) in [5, 5.41) is 2.25. The summed E-state index contributed by atoms with van der Waals surface area (Å²) in [7, 11) is 2.16. The van der Waals surface area contributed by atoms with Crippen LogP contribution in [0.2, 0.25) is 0 Å². The first-order valence-corrected chi connectivity index (χ1v) is 10.7. The van der Waals surface area contributed by atoms with Crippen LogP contribution in [0.5, 0.6) is 0 Å². The normalized spacial score (nSPS) is 16.0. The number of nitrogens with one attached hydrogen (secondary N) is 1. The number of fused-ring (bicyclic) bond motifs is 1. The molecular weight excluding hydrogens is 370 g/mol. The van der Waals surface area contributed by atoms with Gasteiger partial charge in [-0.1, -0.05) is 18.2 Å². The van der Waals surface area contributed by atoms with Gasteiger partial charge in [-0.25, -0.2) is 4.98 Å². The van der Waals surface area contributed by atoms with E-state index in [0.717, 1.165) is 68.2 Å². The highest BCUT2D eigenvalue weighted by molar-refractivity contribution is 7.13. The third-order valence-electron chi connectivity index (χ3n) is 5.51. The molecule has 1 fully saturated rings. The summed E-state index contributed by atoms with van der Waals surface area (Å²) in [6, 6.07) is 8.28. The zero-order valence-corrected chi connectivity index (χ0v) is 17.1. The van der Waals surface area contributed by atoms with Gasteiger partial charge in [-0.15, -0.1) is 11.3 Å². The van der Waals surface area contributed by atoms with Crippen LogP contribution in [-0.2, 0) is 19.3 Å². The van der Waals surface area contributed by atoms with Crippen LogP contribution in [0.3, 0.4) is 0 Å². The van der Waals surface area contributed by atoms with Gasteiger partial charge in [0.15, 0.2) is 0 Å². The SMILES string of the molecule is CN1CCN(CCc2nc(CCc3c[nH]c4ccccc34)c(C(N)=O)s2)CC1. The molecule has 0 spiro atoms. The van der Waals surface area contributed by atoms with Gasteiger partial charge in [0, 0.05) is 56.2 Å². The van der Waals surface area contributed by atoms with Crippen molar-refractivity contribution in [2.24, 2.45) is 5.73 Å². The van der Waals surface area contributed by atoms with E-state index >= 15 is 0 Å². The number of thiazole rings is 1. The van der Waals surface area contributed by atoms with Crippen LogP contribution in [0.25, 0.3) is 10.9 Å². The molecule has 0 saturated carbocycles. The fourth-order valence-corrected chi connectivity index (χ4v) is 4.74. The Morgan fingerprint density at radius 1 is 1.18 bits per heavy atom. The third-order valence-corrected chi connectivity index (χ3v) is 6.68. The monoisotopic (exact) mass is 397 g/mol. The van der Waals surface area contributed by atoms with Gasteiger partial charge < -0.3 is 20.5 Å². The van der Waals surface area contributed by atoms with Gasteiger partial charge in [-0.3, -0.25) is 4.79 Å². The molecule has 1 aliphatic heterocycles. The average Bonchev–Trinajstić information content (AvgIpc) is 3.30. The second-order valence-corrected chi connectivity index (χ2v) is 8.59. The Kier molecular flexibility index (Phi) is 5.75. The fourth-order valence-electron chi connectivity index (χ4n) is 3.79. The molecule has 7 heteroatoms. The number of carbonyl (C=O) groups is 1. The van der Waals surface area contributed by atoms with Gasteiger partial charge in [0.1, 0.15) is 4.88 Å². The number of hydrogen-bond acceptors (Lipinski definition) is 5. The Morgan fingerprint density at radius 2 is 1.96 bits per heavy atom. The van der Waals surface area contributed by atoms with E-state index in [1.165, 1.54) is 22.3 Å². The van der Waals surface area contributed by atoms with Gasteiger partial charge in [0.25, 0.3) is 5.91 Å². The lowest BCUT2D eigenvalue weighted by Gasteiger charge is -2.32. The number of benzene rings is 1. The van der Waals surface area contributed by atoms with Crippen molar-refractivity contribution < 1.29 is 4.79 Å². The maximum absolute atomic E-state index is 11.9. The van der Waals surface area contributed by atoms with Crippen molar-refractivity contribution in [3.8, 4) is 0 Å². The number of amides is 1. The molecule has 1 amide bonds. The molecule has 2 aromatic heterocycles. The first kappa shape index (κ1) is 19.1. The summed E-state index contributed by atoms with van der Waals surface area (Å²) < 4.78 is 0. The number of hydrogen-bond donors (Lipinski definition) is 2. The van der Waals surface area contributed by atoms with Crippen molar-refractivity contribution in [1.82, 2.24) is 19.8 Å². The third kappa shape index (κ3) is 4.27. The summed E-state index contributed by atoms with van der Waals surface area (Å²) in [6.07, 6.45) is 4.49. The van der Waals surface area contributed by atoms with Gasteiger partial charge in [0.05, 0.1) is 10.7 Å². The minimum atomic E-state index is -0.364. The summed E-state index contributed by atoms with van der Waals surface area (Å²) in [5.41, 5.74) is 8.86. The second-order valence-electron chi connectivity index (χ2n) is 7.50. The molecule has 148 valence electrons. The number of nitrogens with two attached hydrogens (primary N) is 1. The van der Waals surface area contributed by atoms with E-state index in [1.807, 2.05) is 12.1 Å². The lowest BCUT2D eigenvalue weighted by Crippen LogP contribution is -2.45. The van der Waals surface area contributed by atoms with E-state index in [4.69, 9.17) is 10.7 Å². The van der Waals surface area contributed by atoms with E-state index in [0.29, 0.717) is 4.88 Å². The Balaban J connectivity index is 1.42. The van der Waals surface area contributed by atoms with Gasteiger partial charge >= 0.3 is 0 Å². The van der Waals surface area contributed by atoms with Crippen molar-refractivity contribution in [2.45, 2.75) is 19.3 Å². The Bertz CT molecular complexity index is 955. The predicted molar refractivity (Wildman–Crippen MR) is 114 cm³/mol. The van der Waals surface area contributed by atoms with Crippen LogP contribution >= 0.6 is 11.3 Å². The molecule has 1 aliphatic rings. The number of likely N-dealkylation sites (N-methyl/N-ethyl adjacent to an activating group) is 1. The maximum Gasteiger partial charge on any atom is 0.260 e. The molecule has 4 rings (SSSR count). The van der Waals surface area contributed by atoms with Crippen LogP contribution < -0.4 is 5.73 Å². The summed E-state index contributed by atoms with van der Waals surface area (Å²) in [5.74, 6) is -0.364. The number of primary amides is 1. The number of aromatic nitrogens is 2.